The summed E-state index contributed by atoms with van der Waals surface area (Å²) in [6, 6.07) is 7.67. The number of hydrogen-bond acceptors (Lipinski definition) is 5. The van der Waals surface area contributed by atoms with Gasteiger partial charge in [0.05, 0.1) is 23.7 Å². The van der Waals surface area contributed by atoms with Gasteiger partial charge in [-0.1, -0.05) is 32.0 Å². The van der Waals surface area contributed by atoms with Crippen LogP contribution < -0.4 is 10.1 Å². The minimum absolute atomic E-state index is 0.0292. The van der Waals surface area contributed by atoms with Crippen molar-refractivity contribution in [2.24, 2.45) is 5.41 Å². The van der Waals surface area contributed by atoms with Gasteiger partial charge in [0, 0.05) is 29.0 Å². The molecule has 0 fully saturated rings. The van der Waals surface area contributed by atoms with Gasteiger partial charge in [-0.2, -0.15) is 0 Å². The lowest BCUT2D eigenvalue weighted by Crippen LogP contribution is -2.39. The smallest absolute Gasteiger partial charge is 0.337 e. The molecule has 1 atom stereocenters. The first-order chi connectivity index (χ1) is 14.0. The van der Waals surface area contributed by atoms with E-state index in [-0.39, 0.29) is 23.4 Å². The molecule has 1 unspecified atom stereocenters. The summed E-state index contributed by atoms with van der Waals surface area (Å²) in [5.41, 5.74) is 3.47. The third-order valence-corrected chi connectivity index (χ3v) is 5.40. The highest BCUT2D eigenvalue weighted by Crippen LogP contribution is 2.48. The van der Waals surface area contributed by atoms with E-state index in [2.05, 4.69) is 19.2 Å². The summed E-state index contributed by atoms with van der Waals surface area (Å²) in [6.07, 6.45) is 0.917. The van der Waals surface area contributed by atoms with Crippen LogP contribution in [0.5, 0.6) is 5.75 Å². The Bertz CT molecular complexity index is 921. The molecule has 1 N–H and O–H groups in total. The van der Waals surface area contributed by atoms with E-state index in [1.165, 1.54) is 0 Å². The highest BCUT2D eigenvalue weighted by atomic mass is 16.5. The molecule has 0 amide bonds. The number of carbonyl (C=O) groups excluding carboxylic acids is 2. The van der Waals surface area contributed by atoms with Crippen molar-refractivity contribution in [3.8, 4) is 5.75 Å². The number of hydrogen-bond donors (Lipinski definition) is 1. The fourth-order valence-electron chi connectivity index (χ4n) is 4.38. The molecule has 0 spiro atoms. The van der Waals surface area contributed by atoms with Gasteiger partial charge in [-0.15, -0.1) is 0 Å². The van der Waals surface area contributed by atoms with Crippen LogP contribution in [0.25, 0.3) is 0 Å². The van der Waals surface area contributed by atoms with Crippen molar-refractivity contribution < 1.29 is 19.1 Å². The molecule has 1 heterocycles. The normalized spacial score (nSPS) is 21.0. The second kappa shape index (κ2) is 8.29. The number of dihydropyridines is 1. The molecular weight excluding hydrogens is 378 g/mol. The van der Waals surface area contributed by atoms with E-state index in [4.69, 9.17) is 9.47 Å². The minimum Gasteiger partial charge on any atom is -0.491 e. The topological polar surface area (TPSA) is 64.6 Å². The van der Waals surface area contributed by atoms with Gasteiger partial charge in [0.1, 0.15) is 5.75 Å². The Kier molecular flexibility index (Phi) is 6.11. The molecule has 5 heteroatoms. The van der Waals surface area contributed by atoms with Crippen molar-refractivity contribution in [3.05, 3.63) is 52.4 Å². The summed E-state index contributed by atoms with van der Waals surface area (Å²) in [5, 5.41) is 3.37. The van der Waals surface area contributed by atoms with E-state index in [0.29, 0.717) is 23.3 Å². The average Bonchev–Trinajstić information content (AvgIpc) is 2.58. The summed E-state index contributed by atoms with van der Waals surface area (Å²) in [5.74, 6) is -0.151. The number of carbonyl (C=O) groups is 2. The minimum atomic E-state index is -0.508. The molecule has 1 aliphatic carbocycles. The molecule has 0 bridgehead atoms. The Labute approximate surface area is 179 Å². The van der Waals surface area contributed by atoms with Crippen molar-refractivity contribution in [1.29, 1.82) is 0 Å². The van der Waals surface area contributed by atoms with Crippen LogP contribution in [0.15, 0.2) is 46.8 Å². The molecule has 30 heavy (non-hydrogen) atoms. The lowest BCUT2D eigenvalue weighted by atomic mass is 9.68. The van der Waals surface area contributed by atoms with Gasteiger partial charge in [0.2, 0.25) is 0 Å². The molecule has 5 nitrogen and oxygen atoms in total. The zero-order valence-electron chi connectivity index (χ0n) is 19.1. The second-order valence-corrected chi connectivity index (χ2v) is 9.59. The van der Waals surface area contributed by atoms with Crippen molar-refractivity contribution >= 4 is 11.8 Å². The zero-order chi connectivity index (χ0) is 22.2. The molecule has 3 rings (SSSR count). The molecule has 1 aliphatic heterocycles. The van der Waals surface area contributed by atoms with Crippen molar-refractivity contribution in [2.45, 2.75) is 79.4 Å². The number of allylic oxidation sites excluding steroid dienone is 3. The van der Waals surface area contributed by atoms with Crippen molar-refractivity contribution in [2.75, 3.05) is 0 Å². The Morgan fingerprint density at radius 3 is 2.40 bits per heavy atom. The van der Waals surface area contributed by atoms with Crippen LogP contribution in [0.1, 0.15) is 72.8 Å². The summed E-state index contributed by atoms with van der Waals surface area (Å²) in [6.45, 7) is 13.7. The van der Waals surface area contributed by atoms with Crippen LogP contribution in [0, 0.1) is 5.41 Å². The first-order valence-corrected chi connectivity index (χ1v) is 10.7. The molecule has 0 saturated heterocycles. The Morgan fingerprint density at radius 2 is 1.77 bits per heavy atom. The van der Waals surface area contributed by atoms with Gasteiger partial charge < -0.3 is 14.8 Å². The summed E-state index contributed by atoms with van der Waals surface area (Å²) < 4.78 is 11.6. The number of rotatable bonds is 5. The number of benzene rings is 1. The Hall–Kier alpha value is -2.56. The largest absolute Gasteiger partial charge is 0.491 e. The fourth-order valence-corrected chi connectivity index (χ4v) is 4.38. The predicted molar refractivity (Wildman–Crippen MR) is 117 cm³/mol. The van der Waals surface area contributed by atoms with Crippen LogP contribution in [-0.2, 0) is 14.3 Å². The monoisotopic (exact) mass is 411 g/mol. The fraction of sp³-hybridized carbons (Fsp3) is 0.520. The van der Waals surface area contributed by atoms with E-state index in [0.717, 1.165) is 23.4 Å². The zero-order valence-corrected chi connectivity index (χ0v) is 19.1. The van der Waals surface area contributed by atoms with E-state index in [1.54, 1.807) is 0 Å². The number of esters is 1. The van der Waals surface area contributed by atoms with Gasteiger partial charge in [0.25, 0.3) is 0 Å². The molecule has 162 valence electrons. The van der Waals surface area contributed by atoms with Gasteiger partial charge in [-0.25, -0.2) is 4.79 Å². The SMILES string of the molecule is CC1=C(C(=O)OC(C)C)C(c2ccccc2OC(C)C)C2=C(CC(C)(C)CC2=O)N1. The Morgan fingerprint density at radius 1 is 1.10 bits per heavy atom. The quantitative estimate of drug-likeness (QED) is 0.689. The van der Waals surface area contributed by atoms with Gasteiger partial charge in [-0.05, 0) is 52.5 Å². The first kappa shape index (κ1) is 22.1. The van der Waals surface area contributed by atoms with E-state index in [9.17, 15) is 9.59 Å². The summed E-state index contributed by atoms with van der Waals surface area (Å²) >= 11 is 0. The van der Waals surface area contributed by atoms with Gasteiger partial charge >= 0.3 is 5.97 Å². The van der Waals surface area contributed by atoms with Crippen LogP contribution in [0.3, 0.4) is 0 Å². The molecule has 2 aliphatic rings. The summed E-state index contributed by atoms with van der Waals surface area (Å²) in [7, 11) is 0. The van der Waals surface area contributed by atoms with E-state index in [1.807, 2.05) is 58.9 Å². The number of Topliss-reactive ketones (excluding diaryl/α,β-unsaturated/α-hetero) is 1. The van der Waals surface area contributed by atoms with E-state index >= 15 is 0 Å². The highest BCUT2D eigenvalue weighted by Gasteiger charge is 2.44. The number of ketones is 1. The van der Waals surface area contributed by atoms with Crippen LogP contribution >= 0.6 is 0 Å². The van der Waals surface area contributed by atoms with Crippen LogP contribution in [0.4, 0.5) is 0 Å². The van der Waals surface area contributed by atoms with Crippen molar-refractivity contribution in [1.82, 2.24) is 5.32 Å². The first-order valence-electron chi connectivity index (χ1n) is 10.7. The van der Waals surface area contributed by atoms with Crippen LogP contribution in [-0.4, -0.2) is 24.0 Å². The maximum absolute atomic E-state index is 13.3. The molecule has 0 saturated carbocycles. The average molecular weight is 412 g/mol. The number of para-hydroxylation sites is 1. The van der Waals surface area contributed by atoms with E-state index < -0.39 is 11.9 Å². The Balaban J connectivity index is 2.21. The molecule has 0 radical (unpaired) electrons. The van der Waals surface area contributed by atoms with Gasteiger partial charge in [0.15, 0.2) is 5.78 Å². The molecule has 1 aromatic rings. The maximum Gasteiger partial charge on any atom is 0.337 e. The molecular formula is C25H33NO4. The molecule has 1 aromatic carbocycles. The maximum atomic E-state index is 13.3. The lowest BCUT2D eigenvalue weighted by Gasteiger charge is -2.39. The third-order valence-electron chi connectivity index (χ3n) is 5.40. The molecule has 0 aromatic heterocycles. The van der Waals surface area contributed by atoms with Crippen molar-refractivity contribution in [3.63, 3.8) is 0 Å². The second-order valence-electron chi connectivity index (χ2n) is 9.59. The number of nitrogens with one attached hydrogen (secondary N) is 1. The highest BCUT2D eigenvalue weighted by molar-refractivity contribution is 6.04. The standard InChI is InChI=1S/C25H33NO4/c1-14(2)29-20-11-9-8-10-17(20)22-21(24(28)30-15(3)4)16(5)26-18-12-25(6,7)13-19(27)23(18)22/h8-11,14-15,22,26H,12-13H2,1-7H3. The lowest BCUT2D eigenvalue weighted by molar-refractivity contribution is -0.143. The van der Waals surface area contributed by atoms with Gasteiger partial charge in [-0.3, -0.25) is 4.79 Å². The number of ether oxygens (including phenoxy) is 2. The predicted octanol–water partition coefficient (Wildman–Crippen LogP) is 5.03. The third kappa shape index (κ3) is 4.45. The van der Waals surface area contributed by atoms with Crippen LogP contribution in [0.2, 0.25) is 0 Å². The summed E-state index contributed by atoms with van der Waals surface area (Å²) in [4.78, 5) is 26.5.